The number of halogens is 1. The van der Waals surface area contributed by atoms with Gasteiger partial charge in [-0.15, -0.1) is 12.4 Å². The van der Waals surface area contributed by atoms with E-state index in [4.69, 9.17) is 0 Å². The van der Waals surface area contributed by atoms with Gasteiger partial charge in [-0.3, -0.25) is 19.7 Å². The van der Waals surface area contributed by atoms with Gasteiger partial charge in [-0.25, -0.2) is 0 Å². The molecule has 156 valence electrons. The van der Waals surface area contributed by atoms with Crippen molar-refractivity contribution < 1.29 is 14.5 Å². The molecule has 2 aliphatic rings. The lowest BCUT2D eigenvalue weighted by molar-refractivity contribution is -0.380. The maximum Gasteiger partial charge on any atom is 0.324 e. The number of nitrogens with one attached hydrogen (secondary N) is 1. The second kappa shape index (κ2) is 10.2. The Morgan fingerprint density at radius 3 is 2.57 bits per heavy atom. The lowest BCUT2D eigenvalue weighted by Gasteiger charge is -2.35. The van der Waals surface area contributed by atoms with Gasteiger partial charge < -0.3 is 15.1 Å². The molecule has 0 aromatic carbocycles. The second-order valence-electron chi connectivity index (χ2n) is 7.21. The van der Waals surface area contributed by atoms with Crippen LogP contribution in [-0.4, -0.2) is 65.8 Å². The quantitative estimate of drug-likeness (QED) is 0.552. The van der Waals surface area contributed by atoms with Crippen LogP contribution in [0.2, 0.25) is 0 Å². The van der Waals surface area contributed by atoms with Gasteiger partial charge >= 0.3 is 5.00 Å². The first-order valence-electron chi connectivity index (χ1n) is 9.50. The van der Waals surface area contributed by atoms with Gasteiger partial charge in [-0.05, 0) is 57.7 Å². The number of hydrogen-bond acceptors (Lipinski definition) is 6. The highest BCUT2D eigenvalue weighted by atomic mass is 35.5. The maximum absolute atomic E-state index is 13.0. The van der Waals surface area contributed by atoms with E-state index in [-0.39, 0.29) is 29.2 Å². The predicted molar refractivity (Wildman–Crippen MR) is 110 cm³/mol. The number of thiophene rings is 1. The van der Waals surface area contributed by atoms with E-state index < -0.39 is 11.0 Å². The van der Waals surface area contributed by atoms with Gasteiger partial charge in [0.25, 0.3) is 5.91 Å². The molecule has 1 aromatic rings. The number of nitro groups is 1. The number of rotatable bonds is 6. The highest BCUT2D eigenvalue weighted by Crippen LogP contribution is 2.29. The molecule has 2 aliphatic heterocycles. The summed E-state index contributed by atoms with van der Waals surface area (Å²) in [5.41, 5.74) is 0. The normalized spacial score (nSPS) is 20.1. The summed E-state index contributed by atoms with van der Waals surface area (Å²) >= 11 is 0.872. The zero-order chi connectivity index (χ0) is 19.4. The average molecular weight is 431 g/mol. The van der Waals surface area contributed by atoms with Crippen LogP contribution in [0, 0.1) is 16.0 Å². The molecule has 3 rings (SSSR count). The number of carbonyl (C=O) groups is 2. The van der Waals surface area contributed by atoms with Crippen molar-refractivity contribution in [2.75, 3.05) is 33.2 Å². The topological polar surface area (TPSA) is 95.8 Å². The van der Waals surface area contributed by atoms with E-state index >= 15 is 0 Å². The summed E-state index contributed by atoms with van der Waals surface area (Å²) < 4.78 is 0. The van der Waals surface area contributed by atoms with Gasteiger partial charge in [0.05, 0.1) is 9.80 Å². The van der Waals surface area contributed by atoms with Crippen LogP contribution in [0.4, 0.5) is 5.00 Å². The number of carbonyl (C=O) groups excluding carboxylic acids is 2. The van der Waals surface area contributed by atoms with Crippen molar-refractivity contribution in [3.8, 4) is 0 Å². The van der Waals surface area contributed by atoms with E-state index in [1.807, 2.05) is 11.9 Å². The Morgan fingerprint density at radius 1 is 1.25 bits per heavy atom. The predicted octanol–water partition coefficient (Wildman–Crippen LogP) is 2.53. The Kier molecular flexibility index (Phi) is 8.21. The lowest BCUT2D eigenvalue weighted by Crippen LogP contribution is -2.50. The highest BCUT2D eigenvalue weighted by molar-refractivity contribution is 7.17. The summed E-state index contributed by atoms with van der Waals surface area (Å²) in [5, 5.41) is 14.0. The highest BCUT2D eigenvalue weighted by Gasteiger charge is 2.38. The van der Waals surface area contributed by atoms with Crippen LogP contribution in [0.1, 0.15) is 41.8 Å². The second-order valence-corrected chi connectivity index (χ2v) is 8.27. The van der Waals surface area contributed by atoms with Gasteiger partial charge in [0.1, 0.15) is 6.04 Å². The van der Waals surface area contributed by atoms with Gasteiger partial charge in [-0.1, -0.05) is 11.3 Å². The molecule has 1 atom stereocenters. The van der Waals surface area contributed by atoms with Crippen molar-refractivity contribution in [2.45, 2.75) is 38.1 Å². The molecule has 8 nitrogen and oxygen atoms in total. The summed E-state index contributed by atoms with van der Waals surface area (Å²) in [4.78, 5) is 40.0. The molecule has 0 radical (unpaired) electrons. The Labute approximate surface area is 174 Å². The molecular formula is C18H27ClN4O4S. The molecule has 0 spiro atoms. The number of likely N-dealkylation sites (tertiary alicyclic amines) is 2. The standard InChI is InChI=1S/C18H26N4O4S.ClH/c1-19-9-6-13-7-11-20(12-8-13)17(23)14-3-2-10-21(14)18(24)15-4-5-16(27-15)22(25)26;/h4-5,13-14,19H,2-3,6-12H2,1H3;1H. The smallest absolute Gasteiger partial charge is 0.324 e. The molecule has 3 heterocycles. The van der Waals surface area contributed by atoms with Crippen LogP contribution >= 0.6 is 23.7 Å². The van der Waals surface area contributed by atoms with Crippen LogP contribution in [0.3, 0.4) is 0 Å². The third-order valence-corrected chi connectivity index (χ3v) is 6.53. The minimum absolute atomic E-state index is 0. The summed E-state index contributed by atoms with van der Waals surface area (Å²) in [6.07, 6.45) is 4.59. The van der Waals surface area contributed by atoms with Gasteiger partial charge in [0.2, 0.25) is 5.91 Å². The van der Waals surface area contributed by atoms with Gasteiger partial charge in [0.15, 0.2) is 0 Å². The first-order chi connectivity index (χ1) is 13.0. The molecule has 2 amide bonds. The molecule has 10 heteroatoms. The zero-order valence-corrected chi connectivity index (χ0v) is 17.6. The molecule has 2 fully saturated rings. The molecule has 0 bridgehead atoms. The van der Waals surface area contributed by atoms with Crippen molar-refractivity contribution in [2.24, 2.45) is 5.92 Å². The molecule has 1 unspecified atom stereocenters. The van der Waals surface area contributed by atoms with E-state index in [1.165, 1.54) is 12.1 Å². The monoisotopic (exact) mass is 430 g/mol. The number of nitrogens with zero attached hydrogens (tertiary/aromatic N) is 3. The number of amides is 2. The fraction of sp³-hybridized carbons (Fsp3) is 0.667. The molecule has 28 heavy (non-hydrogen) atoms. The van der Waals surface area contributed by atoms with Crippen molar-refractivity contribution in [1.82, 2.24) is 15.1 Å². The molecule has 0 aliphatic carbocycles. The average Bonchev–Trinajstić information content (AvgIpc) is 3.35. The molecule has 2 saturated heterocycles. The third kappa shape index (κ3) is 5.01. The van der Waals surface area contributed by atoms with Crippen molar-refractivity contribution >= 4 is 40.6 Å². The maximum atomic E-state index is 13.0. The summed E-state index contributed by atoms with van der Waals surface area (Å²) in [5.74, 6) is 0.404. The largest absolute Gasteiger partial charge is 0.341 e. The molecule has 1 N–H and O–H groups in total. The minimum atomic E-state index is -0.494. The summed E-state index contributed by atoms with van der Waals surface area (Å²) in [6, 6.07) is 2.39. The van der Waals surface area contributed by atoms with E-state index in [2.05, 4.69) is 5.32 Å². The Morgan fingerprint density at radius 2 is 1.96 bits per heavy atom. The SMILES string of the molecule is CNCCC1CCN(C(=O)C2CCCN2C(=O)c2ccc([N+](=O)[O-])s2)CC1.Cl. The van der Waals surface area contributed by atoms with Crippen molar-refractivity contribution in [3.63, 3.8) is 0 Å². The van der Waals surface area contributed by atoms with Crippen molar-refractivity contribution in [3.05, 3.63) is 27.1 Å². The van der Waals surface area contributed by atoms with E-state index in [1.54, 1.807) is 4.90 Å². The van der Waals surface area contributed by atoms with Crippen LogP contribution < -0.4 is 5.32 Å². The molecular weight excluding hydrogens is 404 g/mol. The Bertz CT molecular complexity index is 706. The van der Waals surface area contributed by atoms with E-state index in [9.17, 15) is 19.7 Å². The van der Waals surface area contributed by atoms with Crippen LogP contribution in [0.25, 0.3) is 0 Å². The minimum Gasteiger partial charge on any atom is -0.341 e. The summed E-state index contributed by atoms with van der Waals surface area (Å²) in [7, 11) is 1.95. The van der Waals surface area contributed by atoms with Crippen LogP contribution in [-0.2, 0) is 4.79 Å². The molecule has 0 saturated carbocycles. The fourth-order valence-electron chi connectivity index (χ4n) is 3.95. The van der Waals surface area contributed by atoms with E-state index in [0.29, 0.717) is 23.8 Å². The van der Waals surface area contributed by atoms with Crippen molar-refractivity contribution in [1.29, 1.82) is 0 Å². The Balaban J connectivity index is 0.00000280. The first-order valence-corrected chi connectivity index (χ1v) is 10.3. The van der Waals surface area contributed by atoms with Crippen LogP contribution in [0.5, 0.6) is 0 Å². The summed E-state index contributed by atoms with van der Waals surface area (Å²) in [6.45, 7) is 3.02. The van der Waals surface area contributed by atoms with Gasteiger partial charge in [-0.2, -0.15) is 0 Å². The first kappa shape index (κ1) is 22.6. The third-order valence-electron chi connectivity index (χ3n) is 5.51. The van der Waals surface area contributed by atoms with E-state index in [0.717, 1.165) is 56.7 Å². The number of hydrogen-bond donors (Lipinski definition) is 1. The van der Waals surface area contributed by atoms with Crippen LogP contribution in [0.15, 0.2) is 12.1 Å². The number of piperidine rings is 1. The zero-order valence-electron chi connectivity index (χ0n) is 16.0. The lowest BCUT2D eigenvalue weighted by atomic mass is 9.93. The Hall–Kier alpha value is -1.71. The fourth-order valence-corrected chi connectivity index (χ4v) is 4.73. The molecule has 1 aromatic heterocycles. The van der Waals surface area contributed by atoms with Gasteiger partial charge in [0, 0.05) is 25.7 Å².